The van der Waals surface area contributed by atoms with Gasteiger partial charge in [0, 0.05) is 18.3 Å². The van der Waals surface area contributed by atoms with Crippen molar-refractivity contribution in [2.45, 2.75) is 46.2 Å². The second kappa shape index (κ2) is 7.06. The van der Waals surface area contributed by atoms with Crippen LogP contribution >= 0.6 is 0 Å². The maximum Gasteiger partial charge on any atom is 0.318 e. The smallest absolute Gasteiger partial charge is 0.318 e. The zero-order chi connectivity index (χ0) is 16.0. The number of aromatic nitrogens is 1. The minimum absolute atomic E-state index is 0.0761. The Bertz CT molecular complexity index is 509. The number of nitrogens with zero attached hydrogens (tertiary/aromatic N) is 2. The normalized spacial score (nSPS) is 11.0. The van der Waals surface area contributed by atoms with Gasteiger partial charge in [-0.05, 0) is 39.3 Å². The largest absolute Gasteiger partial charge is 0.481 e. The maximum atomic E-state index is 12.3. The molecule has 0 aromatic carbocycles. The van der Waals surface area contributed by atoms with E-state index in [9.17, 15) is 9.59 Å². The minimum atomic E-state index is -0.919. The van der Waals surface area contributed by atoms with Gasteiger partial charge in [0.05, 0.1) is 18.7 Å². The molecule has 6 heteroatoms. The van der Waals surface area contributed by atoms with Gasteiger partial charge in [-0.1, -0.05) is 6.07 Å². The summed E-state index contributed by atoms with van der Waals surface area (Å²) in [5.74, 6) is -0.919. The predicted octanol–water partition coefficient (Wildman–Crippen LogP) is 2.17. The van der Waals surface area contributed by atoms with Gasteiger partial charge in [-0.2, -0.15) is 0 Å². The van der Waals surface area contributed by atoms with Crippen LogP contribution in [0.25, 0.3) is 0 Å². The number of pyridine rings is 1. The lowest BCUT2D eigenvalue weighted by atomic mass is 10.1. The fourth-order valence-electron chi connectivity index (χ4n) is 1.91. The molecule has 0 aliphatic carbocycles. The summed E-state index contributed by atoms with van der Waals surface area (Å²) in [6, 6.07) is 3.49. The Morgan fingerprint density at radius 1 is 1.38 bits per heavy atom. The number of amides is 2. The average Bonchev–Trinajstić information content (AvgIpc) is 2.36. The highest BCUT2D eigenvalue weighted by atomic mass is 16.4. The van der Waals surface area contributed by atoms with Gasteiger partial charge in [0.2, 0.25) is 0 Å². The topological polar surface area (TPSA) is 82.5 Å². The number of hydrogen-bond donors (Lipinski definition) is 2. The van der Waals surface area contributed by atoms with Crippen molar-refractivity contribution < 1.29 is 14.7 Å². The molecular formula is C15H23N3O3. The number of urea groups is 1. The molecule has 1 heterocycles. The number of carboxylic acid groups (broad SMARTS) is 1. The summed E-state index contributed by atoms with van der Waals surface area (Å²) in [6.45, 7) is 8.05. The van der Waals surface area contributed by atoms with Crippen molar-refractivity contribution in [2.24, 2.45) is 0 Å². The molecule has 2 N–H and O–H groups in total. The predicted molar refractivity (Wildman–Crippen MR) is 79.9 cm³/mol. The third kappa shape index (κ3) is 5.41. The number of carboxylic acids is 1. The van der Waals surface area contributed by atoms with E-state index < -0.39 is 11.5 Å². The molecule has 0 bridgehead atoms. The molecule has 21 heavy (non-hydrogen) atoms. The van der Waals surface area contributed by atoms with Gasteiger partial charge in [0.1, 0.15) is 0 Å². The van der Waals surface area contributed by atoms with Crippen LogP contribution in [0.2, 0.25) is 0 Å². The van der Waals surface area contributed by atoms with Gasteiger partial charge in [0.25, 0.3) is 0 Å². The van der Waals surface area contributed by atoms with E-state index in [0.29, 0.717) is 6.54 Å². The zero-order valence-corrected chi connectivity index (χ0v) is 13.0. The highest BCUT2D eigenvalue weighted by Crippen LogP contribution is 2.14. The molecule has 2 amide bonds. The van der Waals surface area contributed by atoms with Crippen molar-refractivity contribution in [3.05, 3.63) is 29.6 Å². The molecule has 1 aromatic rings. The summed E-state index contributed by atoms with van der Waals surface area (Å²) in [6.07, 6.45) is 1.60. The van der Waals surface area contributed by atoms with E-state index in [1.807, 2.05) is 39.8 Å². The molecule has 0 spiro atoms. The molecule has 1 rings (SSSR count). The summed E-state index contributed by atoms with van der Waals surface area (Å²) in [4.78, 5) is 28.7. The first-order valence-electron chi connectivity index (χ1n) is 6.89. The number of aryl methyl sites for hydroxylation is 1. The molecule has 0 saturated heterocycles. The molecule has 0 aliphatic rings. The number of carbonyl (C=O) groups is 2. The molecule has 0 unspecified atom stereocenters. The molecule has 0 fully saturated rings. The SMILES string of the molecule is Cc1cccnc1CNC(=O)N(CCC(=O)O)C(C)(C)C. The van der Waals surface area contributed by atoms with Crippen LogP contribution in [0, 0.1) is 6.92 Å². The van der Waals surface area contributed by atoms with Crippen molar-refractivity contribution in [3.63, 3.8) is 0 Å². The summed E-state index contributed by atoms with van der Waals surface area (Å²) in [5.41, 5.74) is 1.36. The summed E-state index contributed by atoms with van der Waals surface area (Å²) < 4.78 is 0. The van der Waals surface area contributed by atoms with E-state index in [2.05, 4.69) is 10.3 Å². The first-order chi connectivity index (χ1) is 9.71. The Kier molecular flexibility index (Phi) is 5.69. The Morgan fingerprint density at radius 2 is 2.05 bits per heavy atom. The molecule has 1 aromatic heterocycles. The van der Waals surface area contributed by atoms with Crippen molar-refractivity contribution in [1.82, 2.24) is 15.2 Å². The average molecular weight is 293 g/mol. The van der Waals surface area contributed by atoms with Crippen LogP contribution in [0.15, 0.2) is 18.3 Å². The molecule has 116 valence electrons. The van der Waals surface area contributed by atoms with E-state index in [-0.39, 0.29) is 19.0 Å². The first kappa shape index (κ1) is 16.9. The Hall–Kier alpha value is -2.11. The van der Waals surface area contributed by atoms with E-state index >= 15 is 0 Å². The monoisotopic (exact) mass is 293 g/mol. The van der Waals surface area contributed by atoms with Gasteiger partial charge in [-0.25, -0.2) is 4.79 Å². The number of nitrogens with one attached hydrogen (secondary N) is 1. The molecule has 6 nitrogen and oxygen atoms in total. The van der Waals surface area contributed by atoms with Crippen molar-refractivity contribution >= 4 is 12.0 Å². The fourth-order valence-corrected chi connectivity index (χ4v) is 1.91. The maximum absolute atomic E-state index is 12.3. The van der Waals surface area contributed by atoms with Crippen LogP contribution in [0.1, 0.15) is 38.4 Å². The molecule has 0 radical (unpaired) electrons. The first-order valence-corrected chi connectivity index (χ1v) is 6.89. The van der Waals surface area contributed by atoms with Crippen molar-refractivity contribution in [3.8, 4) is 0 Å². The summed E-state index contributed by atoms with van der Waals surface area (Å²) >= 11 is 0. The summed E-state index contributed by atoms with van der Waals surface area (Å²) in [5, 5.41) is 11.6. The number of carbonyl (C=O) groups excluding carboxylic acids is 1. The van der Waals surface area contributed by atoms with Crippen LogP contribution in [0.4, 0.5) is 4.79 Å². The van der Waals surface area contributed by atoms with Crippen LogP contribution in [0.5, 0.6) is 0 Å². The summed E-state index contributed by atoms with van der Waals surface area (Å²) in [7, 11) is 0. The minimum Gasteiger partial charge on any atom is -0.481 e. The zero-order valence-electron chi connectivity index (χ0n) is 13.0. The number of hydrogen-bond acceptors (Lipinski definition) is 3. The third-order valence-electron chi connectivity index (χ3n) is 3.13. The quantitative estimate of drug-likeness (QED) is 0.871. The highest BCUT2D eigenvalue weighted by Gasteiger charge is 2.26. The molecule has 0 aliphatic heterocycles. The van der Waals surface area contributed by atoms with Crippen molar-refractivity contribution in [2.75, 3.05) is 6.54 Å². The van der Waals surface area contributed by atoms with Gasteiger partial charge < -0.3 is 15.3 Å². The fraction of sp³-hybridized carbons (Fsp3) is 0.533. The van der Waals surface area contributed by atoms with E-state index in [4.69, 9.17) is 5.11 Å². The van der Waals surface area contributed by atoms with E-state index in [1.165, 1.54) is 4.90 Å². The Balaban J connectivity index is 2.69. The molecule has 0 saturated carbocycles. The second-order valence-electron chi connectivity index (χ2n) is 5.89. The lowest BCUT2D eigenvalue weighted by Crippen LogP contribution is -2.51. The van der Waals surface area contributed by atoms with Crippen LogP contribution < -0.4 is 5.32 Å². The van der Waals surface area contributed by atoms with E-state index in [1.54, 1.807) is 6.20 Å². The van der Waals surface area contributed by atoms with Crippen LogP contribution in [-0.2, 0) is 11.3 Å². The Morgan fingerprint density at radius 3 is 2.57 bits per heavy atom. The molecule has 0 atom stereocenters. The molecular weight excluding hydrogens is 270 g/mol. The standard InChI is InChI=1S/C15H23N3O3/c1-11-6-5-8-16-12(11)10-17-14(21)18(15(2,3)4)9-7-13(19)20/h5-6,8H,7,9-10H2,1-4H3,(H,17,21)(H,19,20). The van der Waals surface area contributed by atoms with Crippen molar-refractivity contribution in [1.29, 1.82) is 0 Å². The second-order valence-corrected chi connectivity index (χ2v) is 5.89. The van der Waals surface area contributed by atoms with E-state index in [0.717, 1.165) is 11.3 Å². The number of aliphatic carboxylic acids is 1. The van der Waals surface area contributed by atoms with Gasteiger partial charge in [-0.3, -0.25) is 9.78 Å². The third-order valence-corrected chi connectivity index (χ3v) is 3.13. The lowest BCUT2D eigenvalue weighted by molar-refractivity contribution is -0.137. The van der Waals surface area contributed by atoms with Gasteiger partial charge in [-0.15, -0.1) is 0 Å². The van der Waals surface area contributed by atoms with Gasteiger partial charge >= 0.3 is 12.0 Å². The lowest BCUT2D eigenvalue weighted by Gasteiger charge is -2.35. The van der Waals surface area contributed by atoms with Crippen LogP contribution in [0.3, 0.4) is 0 Å². The number of rotatable bonds is 5. The van der Waals surface area contributed by atoms with Crippen LogP contribution in [-0.4, -0.2) is 39.1 Å². The Labute approximate surface area is 125 Å². The van der Waals surface area contributed by atoms with Gasteiger partial charge in [0.15, 0.2) is 0 Å². The highest BCUT2D eigenvalue weighted by molar-refractivity contribution is 5.76.